The molecule has 0 unspecified atom stereocenters. The lowest BCUT2D eigenvalue weighted by Crippen LogP contribution is -2.13. The number of rotatable bonds is 2. The first-order chi connectivity index (χ1) is 7.81. The van der Waals surface area contributed by atoms with Crippen molar-refractivity contribution in [2.45, 2.75) is 6.92 Å². The van der Waals surface area contributed by atoms with Crippen LogP contribution in [0.1, 0.15) is 6.92 Å². The minimum absolute atomic E-state index is 0.351. The largest absolute Gasteiger partial charge is 0.450 e. The van der Waals surface area contributed by atoms with Gasteiger partial charge in [-0.1, -0.05) is 18.2 Å². The lowest BCUT2D eigenvalue weighted by atomic mass is 10.2. The van der Waals surface area contributed by atoms with Gasteiger partial charge < -0.3 is 4.74 Å². The van der Waals surface area contributed by atoms with Crippen LogP contribution < -0.4 is 5.32 Å². The van der Waals surface area contributed by atoms with Crippen LogP contribution in [0.25, 0.3) is 10.9 Å². The molecule has 1 N–H and O–H groups in total. The summed E-state index contributed by atoms with van der Waals surface area (Å²) in [7, 11) is 0. The molecule has 0 saturated carbocycles. The zero-order chi connectivity index (χ0) is 11.4. The first-order valence-corrected chi connectivity index (χ1v) is 5.09. The molecule has 4 nitrogen and oxygen atoms in total. The molecule has 1 heterocycles. The average molecular weight is 216 g/mol. The lowest BCUT2D eigenvalue weighted by molar-refractivity contribution is 0.168. The van der Waals surface area contributed by atoms with Gasteiger partial charge in [0.2, 0.25) is 0 Å². The number of hydrogen-bond acceptors (Lipinski definition) is 3. The van der Waals surface area contributed by atoms with E-state index in [4.69, 9.17) is 4.74 Å². The second-order valence-corrected chi connectivity index (χ2v) is 3.23. The van der Waals surface area contributed by atoms with E-state index < -0.39 is 6.09 Å². The number of carbonyl (C=O) groups excluding carboxylic acids is 1. The maximum atomic E-state index is 11.3. The Labute approximate surface area is 93.3 Å². The van der Waals surface area contributed by atoms with E-state index in [0.29, 0.717) is 12.3 Å². The molecule has 0 bridgehead atoms. The molecule has 16 heavy (non-hydrogen) atoms. The standard InChI is InChI=1S/C12H12N2O2/c1-2-16-12(15)14-10-7-3-5-9-6-4-8-13-11(9)10/h3-8H,2H2,1H3,(H,14,15). The number of anilines is 1. The molecule has 0 radical (unpaired) electrons. The molecule has 0 atom stereocenters. The SMILES string of the molecule is CCOC(=O)Nc1cccc2cccnc12. The number of benzene rings is 1. The summed E-state index contributed by atoms with van der Waals surface area (Å²) in [6, 6.07) is 9.41. The highest BCUT2D eigenvalue weighted by molar-refractivity contribution is 5.97. The van der Waals surface area contributed by atoms with Crippen LogP contribution in [0, 0.1) is 0 Å². The Morgan fingerprint density at radius 1 is 1.38 bits per heavy atom. The van der Waals surface area contributed by atoms with Crippen molar-refractivity contribution in [1.82, 2.24) is 4.98 Å². The fourth-order valence-electron chi connectivity index (χ4n) is 1.48. The van der Waals surface area contributed by atoms with Crippen LogP contribution in [-0.2, 0) is 4.74 Å². The average Bonchev–Trinajstić information content (AvgIpc) is 2.30. The molecule has 0 aliphatic heterocycles. The smallest absolute Gasteiger partial charge is 0.411 e. The minimum atomic E-state index is -0.458. The van der Waals surface area contributed by atoms with Gasteiger partial charge in [-0.05, 0) is 19.1 Å². The quantitative estimate of drug-likeness (QED) is 0.839. The summed E-state index contributed by atoms with van der Waals surface area (Å²) in [4.78, 5) is 15.5. The van der Waals surface area contributed by atoms with Gasteiger partial charge in [-0.25, -0.2) is 4.79 Å². The Morgan fingerprint density at radius 2 is 2.19 bits per heavy atom. The van der Waals surface area contributed by atoms with Crippen molar-refractivity contribution in [3.63, 3.8) is 0 Å². The van der Waals surface area contributed by atoms with E-state index >= 15 is 0 Å². The van der Waals surface area contributed by atoms with Gasteiger partial charge in [-0.15, -0.1) is 0 Å². The van der Waals surface area contributed by atoms with Gasteiger partial charge in [0.1, 0.15) is 0 Å². The van der Waals surface area contributed by atoms with Crippen molar-refractivity contribution in [3.8, 4) is 0 Å². The predicted molar refractivity (Wildman–Crippen MR) is 62.4 cm³/mol. The maximum Gasteiger partial charge on any atom is 0.411 e. The van der Waals surface area contributed by atoms with Gasteiger partial charge in [0.25, 0.3) is 0 Å². The van der Waals surface area contributed by atoms with Crippen LogP contribution in [0.5, 0.6) is 0 Å². The highest BCUT2D eigenvalue weighted by Gasteiger charge is 2.05. The van der Waals surface area contributed by atoms with Gasteiger partial charge >= 0.3 is 6.09 Å². The van der Waals surface area contributed by atoms with Crippen LogP contribution in [0.2, 0.25) is 0 Å². The van der Waals surface area contributed by atoms with Crippen LogP contribution in [-0.4, -0.2) is 17.7 Å². The molecule has 0 aliphatic rings. The second kappa shape index (κ2) is 4.61. The van der Waals surface area contributed by atoms with Crippen molar-refractivity contribution in [2.24, 2.45) is 0 Å². The van der Waals surface area contributed by atoms with Crippen LogP contribution in [0.4, 0.5) is 10.5 Å². The zero-order valence-electron chi connectivity index (χ0n) is 8.93. The van der Waals surface area contributed by atoms with E-state index in [2.05, 4.69) is 10.3 Å². The van der Waals surface area contributed by atoms with Gasteiger partial charge in [-0.2, -0.15) is 0 Å². The number of aromatic nitrogens is 1. The third-order valence-electron chi connectivity index (χ3n) is 2.14. The van der Waals surface area contributed by atoms with Crippen LogP contribution >= 0.6 is 0 Å². The summed E-state index contributed by atoms with van der Waals surface area (Å²) in [5, 5.41) is 3.65. The fraction of sp³-hybridized carbons (Fsp3) is 0.167. The minimum Gasteiger partial charge on any atom is -0.450 e. The fourth-order valence-corrected chi connectivity index (χ4v) is 1.48. The van der Waals surface area contributed by atoms with E-state index in [1.165, 1.54) is 0 Å². The monoisotopic (exact) mass is 216 g/mol. The number of amides is 1. The first kappa shape index (κ1) is 10.4. The zero-order valence-corrected chi connectivity index (χ0v) is 8.93. The maximum absolute atomic E-state index is 11.3. The summed E-state index contributed by atoms with van der Waals surface area (Å²) in [5.74, 6) is 0. The first-order valence-electron chi connectivity index (χ1n) is 5.09. The molecule has 82 valence electrons. The number of hydrogen-bond donors (Lipinski definition) is 1. The Kier molecular flexibility index (Phi) is 3.00. The summed E-state index contributed by atoms with van der Waals surface area (Å²) in [6.45, 7) is 2.12. The molecule has 2 aromatic rings. The molecule has 1 aromatic heterocycles. The van der Waals surface area contributed by atoms with E-state index in [1.807, 2.05) is 24.3 Å². The molecular formula is C12H12N2O2. The van der Waals surface area contributed by atoms with Crippen LogP contribution in [0.3, 0.4) is 0 Å². The van der Waals surface area contributed by atoms with E-state index in [0.717, 1.165) is 10.9 Å². The second-order valence-electron chi connectivity index (χ2n) is 3.23. The molecule has 0 saturated heterocycles. The van der Waals surface area contributed by atoms with Gasteiger partial charge in [-0.3, -0.25) is 10.3 Å². The van der Waals surface area contributed by atoms with Crippen molar-refractivity contribution < 1.29 is 9.53 Å². The Hall–Kier alpha value is -2.10. The number of nitrogens with zero attached hydrogens (tertiary/aromatic N) is 1. The molecule has 4 heteroatoms. The van der Waals surface area contributed by atoms with Crippen molar-refractivity contribution in [2.75, 3.05) is 11.9 Å². The number of para-hydroxylation sites is 1. The summed E-state index contributed by atoms with van der Waals surface area (Å²) >= 11 is 0. The number of fused-ring (bicyclic) bond motifs is 1. The number of ether oxygens (including phenoxy) is 1. The van der Waals surface area contributed by atoms with E-state index in [9.17, 15) is 4.79 Å². The summed E-state index contributed by atoms with van der Waals surface area (Å²) in [6.07, 6.45) is 1.24. The van der Waals surface area contributed by atoms with Crippen molar-refractivity contribution in [3.05, 3.63) is 36.5 Å². The van der Waals surface area contributed by atoms with Crippen molar-refractivity contribution >= 4 is 22.7 Å². The van der Waals surface area contributed by atoms with Gasteiger partial charge in [0.05, 0.1) is 17.8 Å². The molecule has 2 rings (SSSR count). The third kappa shape index (κ3) is 2.11. The molecule has 0 aliphatic carbocycles. The van der Waals surface area contributed by atoms with Crippen molar-refractivity contribution in [1.29, 1.82) is 0 Å². The molecule has 0 fully saturated rings. The van der Waals surface area contributed by atoms with E-state index in [1.54, 1.807) is 19.2 Å². The Morgan fingerprint density at radius 3 is 3.00 bits per heavy atom. The Balaban J connectivity index is 2.33. The predicted octanol–water partition coefficient (Wildman–Crippen LogP) is 2.80. The normalized spacial score (nSPS) is 10.1. The third-order valence-corrected chi connectivity index (χ3v) is 2.14. The number of carbonyl (C=O) groups is 1. The topological polar surface area (TPSA) is 51.2 Å². The number of nitrogens with one attached hydrogen (secondary N) is 1. The highest BCUT2D eigenvalue weighted by atomic mass is 16.5. The Bertz CT molecular complexity index is 506. The summed E-state index contributed by atoms with van der Waals surface area (Å²) < 4.78 is 4.82. The molecule has 1 aromatic carbocycles. The van der Waals surface area contributed by atoms with E-state index in [-0.39, 0.29) is 0 Å². The molecular weight excluding hydrogens is 204 g/mol. The highest BCUT2D eigenvalue weighted by Crippen LogP contribution is 2.20. The molecule has 1 amide bonds. The van der Waals surface area contributed by atoms with Gasteiger partial charge in [0.15, 0.2) is 0 Å². The van der Waals surface area contributed by atoms with Crippen LogP contribution in [0.15, 0.2) is 36.5 Å². The number of pyridine rings is 1. The lowest BCUT2D eigenvalue weighted by Gasteiger charge is -2.07. The summed E-state index contributed by atoms with van der Waals surface area (Å²) in [5.41, 5.74) is 1.43. The van der Waals surface area contributed by atoms with Gasteiger partial charge in [0, 0.05) is 11.6 Å². The molecule has 0 spiro atoms.